The molecule has 0 fully saturated rings. The number of amides is 1. The molecule has 1 aromatic heterocycles. The van der Waals surface area contributed by atoms with Crippen molar-refractivity contribution in [2.75, 3.05) is 25.1 Å². The summed E-state index contributed by atoms with van der Waals surface area (Å²) in [6.45, 7) is 0.926. The van der Waals surface area contributed by atoms with Crippen LogP contribution in [0.2, 0.25) is 0 Å². The van der Waals surface area contributed by atoms with Crippen LogP contribution in [0.25, 0.3) is 0 Å². The van der Waals surface area contributed by atoms with E-state index < -0.39 is 0 Å². The van der Waals surface area contributed by atoms with Crippen molar-refractivity contribution < 1.29 is 23.4 Å². The molecule has 2 aromatic carbocycles. The molecule has 8 nitrogen and oxygen atoms in total. The molecule has 2 heterocycles. The maximum atomic E-state index is 11.9. The first-order valence-electron chi connectivity index (χ1n) is 8.45. The maximum absolute atomic E-state index is 11.9. The van der Waals surface area contributed by atoms with Crippen molar-refractivity contribution in [2.24, 2.45) is 0 Å². The van der Waals surface area contributed by atoms with Crippen LogP contribution in [0.4, 0.5) is 6.01 Å². The summed E-state index contributed by atoms with van der Waals surface area (Å²) in [5, 5.41) is 10.3. The van der Waals surface area contributed by atoms with E-state index >= 15 is 0 Å². The van der Waals surface area contributed by atoms with Gasteiger partial charge in [0.1, 0.15) is 19.0 Å². The Morgan fingerprint density at radius 3 is 2.70 bits per heavy atom. The largest absolute Gasteiger partial charge is 0.486 e. The smallest absolute Gasteiger partial charge is 0.322 e. The van der Waals surface area contributed by atoms with Crippen LogP contribution in [0.15, 0.2) is 52.9 Å². The molecule has 0 saturated heterocycles. The van der Waals surface area contributed by atoms with Crippen molar-refractivity contribution in [3.05, 3.63) is 60.0 Å². The van der Waals surface area contributed by atoms with E-state index in [1.165, 1.54) is 0 Å². The van der Waals surface area contributed by atoms with Gasteiger partial charge >= 0.3 is 6.01 Å². The predicted molar refractivity (Wildman–Crippen MR) is 95.1 cm³/mol. The standard InChI is InChI=1S/C19H17N3O5/c23-17(12-26-14-4-2-1-3-5-14)20-19-22-21-18(27-19)11-13-6-7-15-16(10-13)25-9-8-24-15/h1-7,10H,8-9,11-12H2,(H,20,22,23). The molecule has 0 saturated carbocycles. The molecule has 4 rings (SSSR count). The highest BCUT2D eigenvalue weighted by atomic mass is 16.6. The average Bonchev–Trinajstić information content (AvgIpc) is 3.14. The molecule has 0 unspecified atom stereocenters. The number of hydrogen-bond donors (Lipinski definition) is 1. The number of aromatic nitrogens is 2. The van der Waals surface area contributed by atoms with E-state index in [1.54, 1.807) is 12.1 Å². The number of carbonyl (C=O) groups is 1. The lowest BCUT2D eigenvalue weighted by Gasteiger charge is -2.18. The molecule has 27 heavy (non-hydrogen) atoms. The molecule has 0 spiro atoms. The number of benzene rings is 2. The van der Waals surface area contributed by atoms with Gasteiger partial charge in [0.2, 0.25) is 5.89 Å². The summed E-state index contributed by atoms with van der Waals surface area (Å²) in [5.74, 6) is 2.03. The fraction of sp³-hybridized carbons (Fsp3) is 0.211. The van der Waals surface area contributed by atoms with Crippen molar-refractivity contribution in [3.8, 4) is 17.2 Å². The Morgan fingerprint density at radius 1 is 1.04 bits per heavy atom. The van der Waals surface area contributed by atoms with E-state index in [4.69, 9.17) is 18.6 Å². The molecule has 0 radical (unpaired) electrons. The van der Waals surface area contributed by atoms with Crippen molar-refractivity contribution in [1.29, 1.82) is 0 Å². The Balaban J connectivity index is 1.32. The second-order valence-electron chi connectivity index (χ2n) is 5.81. The first-order chi connectivity index (χ1) is 13.3. The lowest BCUT2D eigenvalue weighted by atomic mass is 10.1. The Morgan fingerprint density at radius 2 is 1.85 bits per heavy atom. The van der Waals surface area contributed by atoms with E-state index in [0.29, 0.717) is 37.0 Å². The van der Waals surface area contributed by atoms with Gasteiger partial charge in [-0.05, 0) is 29.8 Å². The van der Waals surface area contributed by atoms with Crippen molar-refractivity contribution in [2.45, 2.75) is 6.42 Å². The SMILES string of the molecule is O=C(COc1ccccc1)Nc1nnc(Cc2ccc3c(c2)OCCO3)o1. The molecule has 8 heteroatoms. The van der Waals surface area contributed by atoms with E-state index in [-0.39, 0.29) is 18.5 Å². The number of ether oxygens (including phenoxy) is 3. The molecule has 0 aliphatic carbocycles. The van der Waals surface area contributed by atoms with Gasteiger partial charge in [-0.2, -0.15) is 0 Å². The van der Waals surface area contributed by atoms with E-state index in [9.17, 15) is 4.79 Å². The van der Waals surface area contributed by atoms with Gasteiger partial charge in [0.05, 0.1) is 6.42 Å². The zero-order chi connectivity index (χ0) is 18.5. The highest BCUT2D eigenvalue weighted by Crippen LogP contribution is 2.31. The van der Waals surface area contributed by atoms with Gasteiger partial charge in [-0.25, -0.2) is 0 Å². The first kappa shape index (κ1) is 16.9. The number of nitrogens with zero attached hydrogens (tertiary/aromatic N) is 2. The second-order valence-corrected chi connectivity index (χ2v) is 5.81. The molecule has 0 atom stereocenters. The summed E-state index contributed by atoms with van der Waals surface area (Å²) in [4.78, 5) is 11.9. The van der Waals surface area contributed by atoms with Crippen molar-refractivity contribution >= 4 is 11.9 Å². The van der Waals surface area contributed by atoms with Crippen molar-refractivity contribution in [1.82, 2.24) is 10.2 Å². The topological polar surface area (TPSA) is 95.7 Å². The number of fused-ring (bicyclic) bond motifs is 1. The quantitative estimate of drug-likeness (QED) is 0.715. The van der Waals surface area contributed by atoms with Crippen LogP contribution in [0, 0.1) is 0 Å². The molecule has 1 aliphatic heterocycles. The Kier molecular flexibility index (Phi) is 4.86. The average molecular weight is 367 g/mol. The minimum Gasteiger partial charge on any atom is -0.486 e. The van der Waals surface area contributed by atoms with E-state index in [1.807, 2.05) is 36.4 Å². The van der Waals surface area contributed by atoms with Gasteiger partial charge in [-0.1, -0.05) is 29.4 Å². The zero-order valence-corrected chi connectivity index (χ0v) is 14.4. The number of hydrogen-bond acceptors (Lipinski definition) is 7. The molecular weight excluding hydrogens is 350 g/mol. The Bertz CT molecular complexity index is 926. The minimum atomic E-state index is -0.381. The normalized spacial score (nSPS) is 12.4. The molecule has 1 aliphatic rings. The first-order valence-corrected chi connectivity index (χ1v) is 8.45. The van der Waals surface area contributed by atoms with Gasteiger partial charge in [0.25, 0.3) is 5.91 Å². The lowest BCUT2D eigenvalue weighted by Crippen LogP contribution is -2.20. The van der Waals surface area contributed by atoms with Gasteiger partial charge in [-0.15, -0.1) is 5.10 Å². The fourth-order valence-electron chi connectivity index (χ4n) is 2.57. The maximum Gasteiger partial charge on any atom is 0.322 e. The molecule has 1 amide bonds. The number of para-hydroxylation sites is 1. The fourth-order valence-corrected chi connectivity index (χ4v) is 2.57. The van der Waals surface area contributed by atoms with Crippen LogP contribution in [0.3, 0.4) is 0 Å². The third-order valence-corrected chi connectivity index (χ3v) is 3.79. The number of rotatable bonds is 6. The second kappa shape index (κ2) is 7.77. The number of carbonyl (C=O) groups excluding carboxylic acids is 1. The molecule has 138 valence electrons. The van der Waals surface area contributed by atoms with Gasteiger partial charge < -0.3 is 18.6 Å². The Hall–Kier alpha value is -3.55. The summed E-state index contributed by atoms with van der Waals surface area (Å²) in [5.41, 5.74) is 0.938. The highest BCUT2D eigenvalue weighted by molar-refractivity contribution is 5.89. The molecule has 3 aromatic rings. The van der Waals surface area contributed by atoms with E-state index in [2.05, 4.69) is 15.5 Å². The van der Waals surface area contributed by atoms with Gasteiger partial charge in [0.15, 0.2) is 18.1 Å². The van der Waals surface area contributed by atoms with Crippen LogP contribution in [-0.4, -0.2) is 35.9 Å². The molecule has 1 N–H and O–H groups in total. The summed E-state index contributed by atoms with van der Waals surface area (Å²) in [7, 11) is 0. The minimum absolute atomic E-state index is 0.0317. The third-order valence-electron chi connectivity index (χ3n) is 3.79. The van der Waals surface area contributed by atoms with E-state index in [0.717, 1.165) is 11.3 Å². The monoisotopic (exact) mass is 367 g/mol. The van der Waals surface area contributed by atoms with Crippen LogP contribution < -0.4 is 19.5 Å². The van der Waals surface area contributed by atoms with Crippen LogP contribution in [0.5, 0.6) is 17.2 Å². The number of anilines is 1. The lowest BCUT2D eigenvalue weighted by molar-refractivity contribution is -0.118. The molecule has 0 bridgehead atoms. The molecular formula is C19H17N3O5. The van der Waals surface area contributed by atoms with Crippen molar-refractivity contribution in [3.63, 3.8) is 0 Å². The Labute approximate surface area is 155 Å². The van der Waals surface area contributed by atoms with Gasteiger partial charge in [0, 0.05) is 0 Å². The number of nitrogens with one attached hydrogen (secondary N) is 1. The summed E-state index contributed by atoms with van der Waals surface area (Å²) in [6, 6.07) is 14.7. The summed E-state index contributed by atoms with van der Waals surface area (Å²) >= 11 is 0. The van der Waals surface area contributed by atoms with Crippen LogP contribution in [0.1, 0.15) is 11.5 Å². The predicted octanol–water partition coefficient (Wildman–Crippen LogP) is 2.45. The zero-order valence-electron chi connectivity index (χ0n) is 14.4. The van der Waals surface area contributed by atoms with Crippen LogP contribution in [-0.2, 0) is 11.2 Å². The third kappa shape index (κ3) is 4.35. The highest BCUT2D eigenvalue weighted by Gasteiger charge is 2.14. The van der Waals surface area contributed by atoms with Gasteiger partial charge in [-0.3, -0.25) is 10.1 Å². The summed E-state index contributed by atoms with van der Waals surface area (Å²) < 4.78 is 21.9. The summed E-state index contributed by atoms with van der Waals surface area (Å²) in [6.07, 6.45) is 0.417. The van der Waals surface area contributed by atoms with Crippen LogP contribution >= 0.6 is 0 Å².